The molecule has 1 aromatic carbocycles. The lowest BCUT2D eigenvalue weighted by Gasteiger charge is -2.05. The summed E-state index contributed by atoms with van der Waals surface area (Å²) in [6.45, 7) is 0. The van der Waals surface area contributed by atoms with Crippen LogP contribution >= 0.6 is 15.9 Å². The fraction of sp³-hybridized carbons (Fsp3) is 0.111. The molecule has 0 aliphatic rings. The summed E-state index contributed by atoms with van der Waals surface area (Å²) >= 11 is 3.18. The van der Waals surface area contributed by atoms with Gasteiger partial charge in [-0.25, -0.2) is 0 Å². The molecule has 1 rings (SSSR count). The number of aldehydes is 2. The van der Waals surface area contributed by atoms with Crippen molar-refractivity contribution in [2.24, 2.45) is 0 Å². The van der Waals surface area contributed by atoms with Crippen molar-refractivity contribution in [2.45, 2.75) is 0 Å². The smallest absolute Gasteiger partial charge is 0.152 e. The molecule has 0 aliphatic heterocycles. The highest BCUT2D eigenvalue weighted by Gasteiger charge is 2.09. The van der Waals surface area contributed by atoms with Gasteiger partial charge in [-0.15, -0.1) is 0 Å². The van der Waals surface area contributed by atoms with E-state index in [1.54, 1.807) is 12.1 Å². The van der Waals surface area contributed by atoms with E-state index in [4.69, 9.17) is 4.74 Å². The van der Waals surface area contributed by atoms with Gasteiger partial charge in [-0.05, 0) is 28.1 Å². The van der Waals surface area contributed by atoms with Gasteiger partial charge in [-0.2, -0.15) is 0 Å². The summed E-state index contributed by atoms with van der Waals surface area (Å²) in [5.74, 6) is 0.535. The summed E-state index contributed by atoms with van der Waals surface area (Å²) < 4.78 is 5.47. The lowest BCUT2D eigenvalue weighted by atomic mass is 10.1. The van der Waals surface area contributed by atoms with Crippen molar-refractivity contribution in [3.8, 4) is 5.75 Å². The van der Waals surface area contributed by atoms with E-state index in [-0.39, 0.29) is 0 Å². The molecular weight excluding hydrogens is 236 g/mol. The molecule has 0 saturated carbocycles. The average molecular weight is 243 g/mol. The summed E-state index contributed by atoms with van der Waals surface area (Å²) in [6.07, 6.45) is 1.25. The zero-order chi connectivity index (χ0) is 9.84. The van der Waals surface area contributed by atoms with Gasteiger partial charge in [0.1, 0.15) is 5.75 Å². The number of carbonyl (C=O) groups excluding carboxylic acids is 2. The monoisotopic (exact) mass is 242 g/mol. The van der Waals surface area contributed by atoms with Crippen molar-refractivity contribution in [1.29, 1.82) is 0 Å². The van der Waals surface area contributed by atoms with Crippen LogP contribution in [-0.2, 0) is 0 Å². The van der Waals surface area contributed by atoms with Crippen LogP contribution in [0.1, 0.15) is 20.7 Å². The van der Waals surface area contributed by atoms with E-state index >= 15 is 0 Å². The number of halogens is 1. The number of hydrogen-bond acceptors (Lipinski definition) is 3. The van der Waals surface area contributed by atoms with E-state index in [1.807, 2.05) is 0 Å². The molecule has 0 bridgehead atoms. The lowest BCUT2D eigenvalue weighted by molar-refractivity contribution is 0.109. The van der Waals surface area contributed by atoms with Crippen molar-refractivity contribution in [1.82, 2.24) is 0 Å². The minimum Gasteiger partial charge on any atom is -0.496 e. The SMILES string of the molecule is COc1ccc(C=O)c(C=O)c1Br. The van der Waals surface area contributed by atoms with Gasteiger partial charge >= 0.3 is 0 Å². The average Bonchev–Trinajstić information content (AvgIpc) is 2.17. The molecule has 0 N–H and O–H groups in total. The van der Waals surface area contributed by atoms with Gasteiger partial charge in [0.25, 0.3) is 0 Å². The summed E-state index contributed by atoms with van der Waals surface area (Å²) in [4.78, 5) is 21.1. The Morgan fingerprint density at radius 2 is 2.00 bits per heavy atom. The molecule has 0 radical (unpaired) electrons. The molecule has 4 heteroatoms. The largest absolute Gasteiger partial charge is 0.496 e. The second-order valence-electron chi connectivity index (χ2n) is 2.32. The first-order valence-corrected chi connectivity index (χ1v) is 4.30. The Balaban J connectivity index is 3.39. The van der Waals surface area contributed by atoms with Crippen LogP contribution in [0.3, 0.4) is 0 Å². The summed E-state index contributed by atoms with van der Waals surface area (Å²) in [5, 5.41) is 0. The van der Waals surface area contributed by atoms with Crippen LogP contribution in [0, 0.1) is 0 Å². The Labute approximate surface area is 83.8 Å². The number of ether oxygens (including phenoxy) is 1. The fourth-order valence-electron chi connectivity index (χ4n) is 0.968. The van der Waals surface area contributed by atoms with Gasteiger partial charge < -0.3 is 4.74 Å². The third-order valence-corrected chi connectivity index (χ3v) is 2.46. The van der Waals surface area contributed by atoms with Crippen LogP contribution in [-0.4, -0.2) is 19.7 Å². The van der Waals surface area contributed by atoms with Crippen LogP contribution in [0.25, 0.3) is 0 Å². The number of benzene rings is 1. The Morgan fingerprint density at radius 3 is 2.46 bits per heavy atom. The van der Waals surface area contributed by atoms with Crippen LogP contribution in [0.2, 0.25) is 0 Å². The minimum atomic E-state index is 0.314. The first kappa shape index (κ1) is 9.92. The van der Waals surface area contributed by atoms with E-state index in [0.717, 1.165) is 0 Å². The zero-order valence-corrected chi connectivity index (χ0v) is 8.50. The molecule has 3 nitrogen and oxygen atoms in total. The number of methoxy groups -OCH3 is 1. The molecule has 0 heterocycles. The molecule has 13 heavy (non-hydrogen) atoms. The van der Waals surface area contributed by atoms with Crippen molar-refractivity contribution in [2.75, 3.05) is 7.11 Å². The van der Waals surface area contributed by atoms with Gasteiger partial charge in [0, 0.05) is 11.1 Å². The summed E-state index contributed by atoms with van der Waals surface area (Å²) in [7, 11) is 1.50. The third-order valence-electron chi connectivity index (χ3n) is 1.64. The highest BCUT2D eigenvalue weighted by Crippen LogP contribution is 2.29. The molecule has 0 saturated heterocycles. The van der Waals surface area contributed by atoms with Gasteiger partial charge in [0.15, 0.2) is 12.6 Å². The van der Waals surface area contributed by atoms with Crippen molar-refractivity contribution in [3.63, 3.8) is 0 Å². The van der Waals surface area contributed by atoms with Crippen molar-refractivity contribution >= 4 is 28.5 Å². The molecular formula is C9H7BrO3. The van der Waals surface area contributed by atoms with Crippen LogP contribution in [0.5, 0.6) is 5.75 Å². The van der Waals surface area contributed by atoms with E-state index < -0.39 is 0 Å². The van der Waals surface area contributed by atoms with E-state index in [0.29, 0.717) is 33.9 Å². The van der Waals surface area contributed by atoms with Gasteiger partial charge in [0.2, 0.25) is 0 Å². The fourth-order valence-corrected chi connectivity index (χ4v) is 1.58. The topological polar surface area (TPSA) is 43.4 Å². The molecule has 0 aliphatic carbocycles. The van der Waals surface area contributed by atoms with E-state index in [9.17, 15) is 9.59 Å². The zero-order valence-electron chi connectivity index (χ0n) is 6.91. The molecule has 0 amide bonds. The molecule has 0 spiro atoms. The highest BCUT2D eigenvalue weighted by molar-refractivity contribution is 9.10. The number of rotatable bonds is 3. The standard InChI is InChI=1S/C9H7BrO3/c1-13-8-3-2-6(4-11)7(5-12)9(8)10/h2-5H,1H3. The van der Waals surface area contributed by atoms with Gasteiger partial charge in [0.05, 0.1) is 11.6 Å². The van der Waals surface area contributed by atoms with Crippen molar-refractivity contribution < 1.29 is 14.3 Å². The van der Waals surface area contributed by atoms with Gasteiger partial charge in [-0.3, -0.25) is 9.59 Å². The molecule has 1 aromatic rings. The molecule has 0 fully saturated rings. The molecule has 68 valence electrons. The molecule has 0 unspecified atom stereocenters. The summed E-state index contributed by atoms with van der Waals surface area (Å²) in [5.41, 5.74) is 0.664. The van der Waals surface area contributed by atoms with E-state index in [1.165, 1.54) is 7.11 Å². The highest BCUT2D eigenvalue weighted by atomic mass is 79.9. The quantitative estimate of drug-likeness (QED) is 0.763. The molecule has 0 aromatic heterocycles. The van der Waals surface area contributed by atoms with Crippen LogP contribution < -0.4 is 4.74 Å². The second-order valence-corrected chi connectivity index (χ2v) is 3.11. The Hall–Kier alpha value is -1.16. The first-order valence-electron chi connectivity index (χ1n) is 3.51. The van der Waals surface area contributed by atoms with E-state index in [2.05, 4.69) is 15.9 Å². The number of carbonyl (C=O) groups is 2. The Morgan fingerprint density at radius 1 is 1.31 bits per heavy atom. The maximum absolute atomic E-state index is 10.6. The number of hydrogen-bond donors (Lipinski definition) is 0. The molecule has 0 atom stereocenters. The van der Waals surface area contributed by atoms with Crippen LogP contribution in [0.15, 0.2) is 16.6 Å². The van der Waals surface area contributed by atoms with Gasteiger partial charge in [-0.1, -0.05) is 0 Å². The van der Waals surface area contributed by atoms with Crippen molar-refractivity contribution in [3.05, 3.63) is 27.7 Å². The first-order chi connectivity index (χ1) is 6.24. The predicted molar refractivity (Wildman–Crippen MR) is 51.5 cm³/mol. The Kier molecular flexibility index (Phi) is 3.19. The van der Waals surface area contributed by atoms with Crippen LogP contribution in [0.4, 0.5) is 0 Å². The minimum absolute atomic E-state index is 0.314. The normalized spacial score (nSPS) is 9.38. The summed E-state index contributed by atoms with van der Waals surface area (Å²) in [6, 6.07) is 3.17. The maximum atomic E-state index is 10.6. The lowest BCUT2D eigenvalue weighted by Crippen LogP contribution is -1.95. The Bertz CT molecular complexity index is 347. The second kappa shape index (κ2) is 4.18. The third kappa shape index (κ3) is 1.78. The predicted octanol–water partition coefficient (Wildman–Crippen LogP) is 2.08. The maximum Gasteiger partial charge on any atom is 0.152 e.